The van der Waals surface area contributed by atoms with E-state index in [1.165, 1.54) is 15.8 Å². The lowest BCUT2D eigenvalue weighted by Gasteiger charge is -2.28. The molecule has 1 aliphatic rings. The van der Waals surface area contributed by atoms with Crippen LogP contribution in [0.25, 0.3) is 22.6 Å². The summed E-state index contributed by atoms with van der Waals surface area (Å²) >= 11 is 6.46. The zero-order valence-electron chi connectivity index (χ0n) is 15.5. The van der Waals surface area contributed by atoms with Gasteiger partial charge < -0.3 is 9.88 Å². The van der Waals surface area contributed by atoms with Crippen LogP contribution in [0.1, 0.15) is 12.0 Å². The fourth-order valence-corrected chi connectivity index (χ4v) is 3.89. The van der Waals surface area contributed by atoms with Gasteiger partial charge in [-0.25, -0.2) is 4.98 Å². The largest absolute Gasteiger partial charge is 0.365 e. The second-order valence-electron chi connectivity index (χ2n) is 6.93. The number of benzene rings is 2. The molecule has 0 fully saturated rings. The first-order chi connectivity index (χ1) is 14.2. The maximum atomic E-state index is 12.9. The summed E-state index contributed by atoms with van der Waals surface area (Å²) in [7, 11) is 0. The van der Waals surface area contributed by atoms with Crippen LogP contribution in [-0.2, 0) is 0 Å². The van der Waals surface area contributed by atoms with Crippen LogP contribution in [-0.4, -0.2) is 32.8 Å². The minimum absolute atomic E-state index is 0.150. The molecule has 1 aliphatic heterocycles. The van der Waals surface area contributed by atoms with Crippen LogP contribution in [0, 0.1) is 0 Å². The quantitative estimate of drug-likeness (QED) is 0.560. The van der Waals surface area contributed by atoms with Gasteiger partial charge in [-0.2, -0.15) is 9.78 Å². The van der Waals surface area contributed by atoms with E-state index in [1.807, 2.05) is 42.5 Å². The third-order valence-electron chi connectivity index (χ3n) is 5.17. The Kier molecular flexibility index (Phi) is 4.41. The summed E-state index contributed by atoms with van der Waals surface area (Å²) in [6.45, 7) is 1.45. The fourth-order valence-electron chi connectivity index (χ4n) is 3.64. The van der Waals surface area contributed by atoms with Crippen LogP contribution in [0.4, 0.5) is 5.69 Å². The number of fused-ring (bicyclic) bond motifs is 1. The number of nitrogens with one attached hydrogen (secondary N) is 1. The monoisotopic (exact) mass is 403 g/mol. The summed E-state index contributed by atoms with van der Waals surface area (Å²) in [4.78, 5) is 22.5. The normalized spacial score (nSPS) is 14.2. The first-order valence-corrected chi connectivity index (χ1v) is 9.81. The predicted molar refractivity (Wildman–Crippen MR) is 116 cm³/mol. The minimum atomic E-state index is -0.388. The van der Waals surface area contributed by atoms with Crippen molar-refractivity contribution in [3.63, 3.8) is 0 Å². The average Bonchev–Trinajstić information content (AvgIpc) is 3.20. The van der Waals surface area contributed by atoms with E-state index < -0.39 is 0 Å². The highest BCUT2D eigenvalue weighted by Crippen LogP contribution is 2.28. The number of anilines is 1. The van der Waals surface area contributed by atoms with Gasteiger partial charge in [0.25, 0.3) is 5.56 Å². The zero-order valence-corrected chi connectivity index (χ0v) is 16.3. The van der Waals surface area contributed by atoms with Gasteiger partial charge in [-0.05, 0) is 29.7 Å². The Balaban J connectivity index is 1.45. The lowest BCUT2D eigenvalue weighted by molar-refractivity contribution is 0.752. The summed E-state index contributed by atoms with van der Waals surface area (Å²) < 4.78 is 1.21. The molecule has 0 bridgehead atoms. The van der Waals surface area contributed by atoms with E-state index in [0.29, 0.717) is 18.2 Å². The minimum Gasteiger partial charge on any atom is -0.365 e. The molecule has 2 aromatic heterocycles. The molecule has 0 saturated carbocycles. The van der Waals surface area contributed by atoms with Gasteiger partial charge in [0.1, 0.15) is 5.02 Å². The third-order valence-corrected chi connectivity index (χ3v) is 5.53. The summed E-state index contributed by atoms with van der Waals surface area (Å²) in [6.07, 6.45) is 4.70. The van der Waals surface area contributed by atoms with Gasteiger partial charge in [0.05, 0.1) is 22.9 Å². The number of H-pyrrole nitrogens is 1. The number of aromatic amines is 1. The molecular formula is C22H18ClN5O. The van der Waals surface area contributed by atoms with Crippen molar-refractivity contribution in [2.24, 2.45) is 0 Å². The van der Waals surface area contributed by atoms with Gasteiger partial charge in [0, 0.05) is 13.1 Å². The molecule has 2 aromatic carbocycles. The van der Waals surface area contributed by atoms with Crippen LogP contribution in [0.5, 0.6) is 0 Å². The molecule has 6 nitrogen and oxygen atoms in total. The Morgan fingerprint density at radius 3 is 2.59 bits per heavy atom. The van der Waals surface area contributed by atoms with Crippen LogP contribution in [0.3, 0.4) is 0 Å². The molecule has 0 radical (unpaired) electrons. The summed E-state index contributed by atoms with van der Waals surface area (Å²) in [5.74, 6) is 0.356. The molecule has 0 spiro atoms. The molecule has 5 rings (SSSR count). The number of hydrogen-bond acceptors (Lipinski definition) is 4. The number of halogens is 1. The average molecular weight is 404 g/mol. The van der Waals surface area contributed by atoms with E-state index in [4.69, 9.17) is 11.6 Å². The first kappa shape index (κ1) is 17.7. The molecule has 144 valence electrons. The standard InChI is InChI=1S/C22H18ClN5O/c23-20-19(27-12-10-16(11-13-27)15-6-2-1-3-7-15)14-24-28(21(20)29)22-25-17-8-4-5-9-18(17)26-22/h1-10,14H,11-13H2,(H,25,26). The van der Waals surface area contributed by atoms with Crippen molar-refractivity contribution in [1.29, 1.82) is 0 Å². The van der Waals surface area contributed by atoms with Gasteiger partial charge in [0.15, 0.2) is 0 Å². The summed E-state index contributed by atoms with van der Waals surface area (Å²) in [6, 6.07) is 17.9. The Hall–Kier alpha value is -3.38. The van der Waals surface area contributed by atoms with Crippen molar-refractivity contribution in [3.8, 4) is 5.95 Å². The molecule has 0 amide bonds. The number of para-hydroxylation sites is 2. The van der Waals surface area contributed by atoms with E-state index in [1.54, 1.807) is 6.20 Å². The van der Waals surface area contributed by atoms with Crippen LogP contribution >= 0.6 is 11.6 Å². The van der Waals surface area contributed by atoms with Crippen LogP contribution < -0.4 is 10.5 Å². The van der Waals surface area contributed by atoms with E-state index in [-0.39, 0.29) is 10.6 Å². The molecular weight excluding hydrogens is 386 g/mol. The van der Waals surface area contributed by atoms with E-state index in [0.717, 1.165) is 24.0 Å². The van der Waals surface area contributed by atoms with E-state index >= 15 is 0 Å². The van der Waals surface area contributed by atoms with E-state index in [2.05, 4.69) is 38.2 Å². The lowest BCUT2D eigenvalue weighted by atomic mass is 9.99. The smallest absolute Gasteiger partial charge is 0.295 e. The van der Waals surface area contributed by atoms with Gasteiger partial charge in [-0.1, -0.05) is 60.1 Å². The number of hydrogen-bond donors (Lipinski definition) is 1. The van der Waals surface area contributed by atoms with Crippen molar-refractivity contribution in [2.45, 2.75) is 6.42 Å². The molecule has 7 heteroatoms. The van der Waals surface area contributed by atoms with Gasteiger partial charge in [-0.3, -0.25) is 4.79 Å². The molecule has 0 unspecified atom stereocenters. The highest BCUT2D eigenvalue weighted by Gasteiger charge is 2.20. The third kappa shape index (κ3) is 3.21. The Labute approximate surface area is 172 Å². The van der Waals surface area contributed by atoms with Crippen molar-refractivity contribution in [2.75, 3.05) is 18.0 Å². The summed E-state index contributed by atoms with van der Waals surface area (Å²) in [5.41, 5.74) is 4.41. The van der Waals surface area contributed by atoms with Crippen LogP contribution in [0.2, 0.25) is 5.02 Å². The van der Waals surface area contributed by atoms with Crippen molar-refractivity contribution < 1.29 is 0 Å². The molecule has 0 aliphatic carbocycles. The van der Waals surface area contributed by atoms with Crippen LogP contribution in [0.15, 0.2) is 71.7 Å². The van der Waals surface area contributed by atoms with E-state index in [9.17, 15) is 4.79 Å². The first-order valence-electron chi connectivity index (χ1n) is 9.43. The molecule has 4 aromatic rings. The second kappa shape index (κ2) is 7.22. The summed E-state index contributed by atoms with van der Waals surface area (Å²) in [5, 5.41) is 4.47. The molecule has 3 heterocycles. The topological polar surface area (TPSA) is 66.8 Å². The maximum Gasteiger partial charge on any atom is 0.295 e. The predicted octanol–water partition coefficient (Wildman–Crippen LogP) is 4.06. The second-order valence-corrected chi connectivity index (χ2v) is 7.31. The number of nitrogens with zero attached hydrogens (tertiary/aromatic N) is 4. The van der Waals surface area contributed by atoms with Gasteiger partial charge >= 0.3 is 0 Å². The highest BCUT2D eigenvalue weighted by atomic mass is 35.5. The highest BCUT2D eigenvalue weighted by molar-refractivity contribution is 6.33. The molecule has 0 saturated heterocycles. The Bertz CT molecular complexity index is 1240. The van der Waals surface area contributed by atoms with Gasteiger partial charge in [-0.15, -0.1) is 0 Å². The van der Waals surface area contributed by atoms with Crippen molar-refractivity contribution >= 4 is 33.9 Å². The molecule has 0 atom stereocenters. The number of aromatic nitrogens is 4. The zero-order chi connectivity index (χ0) is 19.8. The molecule has 1 N–H and O–H groups in total. The SMILES string of the molecule is O=c1c(Cl)c(N2CC=C(c3ccccc3)CC2)cnn1-c1nc2ccccc2[nH]1. The van der Waals surface area contributed by atoms with Crippen molar-refractivity contribution in [1.82, 2.24) is 19.7 Å². The molecule has 29 heavy (non-hydrogen) atoms. The lowest BCUT2D eigenvalue weighted by Crippen LogP contribution is -2.32. The van der Waals surface area contributed by atoms with Crippen molar-refractivity contribution in [3.05, 3.63) is 87.8 Å². The Morgan fingerprint density at radius 2 is 1.83 bits per heavy atom. The fraction of sp³-hybridized carbons (Fsp3) is 0.136. The number of imidazole rings is 1. The Morgan fingerprint density at radius 1 is 1.03 bits per heavy atom. The maximum absolute atomic E-state index is 12.9. The van der Waals surface area contributed by atoms with Gasteiger partial charge in [0.2, 0.25) is 5.95 Å². The number of rotatable bonds is 3.